The fourth-order valence-corrected chi connectivity index (χ4v) is 2.57. The molecule has 0 saturated heterocycles. The molecule has 2 heterocycles. The zero-order valence-electron chi connectivity index (χ0n) is 12.6. The summed E-state index contributed by atoms with van der Waals surface area (Å²) in [5, 5.41) is 0. The van der Waals surface area contributed by atoms with Crippen molar-refractivity contribution in [2.75, 3.05) is 11.9 Å². The van der Waals surface area contributed by atoms with Crippen LogP contribution in [0.1, 0.15) is 18.9 Å². The normalized spacial score (nSPS) is 17.2. The topological polar surface area (TPSA) is 47.4 Å². The van der Waals surface area contributed by atoms with Gasteiger partial charge in [-0.15, -0.1) is 0 Å². The molecule has 0 fully saturated rings. The Hall–Kier alpha value is -2.37. The molecule has 1 aliphatic rings. The lowest BCUT2D eigenvalue weighted by Gasteiger charge is -2.34. The standard InChI is InChI=1S/C16H18FN3O2/c1-11-6-7-20-15(19(11)2)9-14(18-16(20)21)22-10-12-4-3-5-13(17)8-12/h3-5,8-9,11H,6-7,10H2,1-2H3/t11-/m1/s1. The molecule has 22 heavy (non-hydrogen) atoms. The van der Waals surface area contributed by atoms with Gasteiger partial charge in [0.1, 0.15) is 18.2 Å². The lowest BCUT2D eigenvalue weighted by Crippen LogP contribution is -2.41. The second kappa shape index (κ2) is 5.79. The van der Waals surface area contributed by atoms with Gasteiger partial charge in [-0.25, -0.2) is 9.18 Å². The zero-order valence-corrected chi connectivity index (χ0v) is 12.6. The van der Waals surface area contributed by atoms with E-state index in [1.807, 2.05) is 11.9 Å². The maximum Gasteiger partial charge on any atom is 0.352 e. The molecule has 5 nitrogen and oxygen atoms in total. The number of hydrogen-bond acceptors (Lipinski definition) is 4. The van der Waals surface area contributed by atoms with Crippen LogP contribution in [0.4, 0.5) is 10.2 Å². The van der Waals surface area contributed by atoms with Crippen LogP contribution in [-0.4, -0.2) is 22.6 Å². The Balaban J connectivity index is 1.83. The first-order valence-corrected chi connectivity index (χ1v) is 7.26. The number of hydrogen-bond donors (Lipinski definition) is 0. The maximum absolute atomic E-state index is 13.1. The van der Waals surface area contributed by atoms with Crippen LogP contribution in [0.15, 0.2) is 35.1 Å². The minimum absolute atomic E-state index is 0.174. The fourth-order valence-electron chi connectivity index (χ4n) is 2.57. The van der Waals surface area contributed by atoms with Gasteiger partial charge < -0.3 is 9.64 Å². The van der Waals surface area contributed by atoms with E-state index in [1.165, 1.54) is 12.1 Å². The summed E-state index contributed by atoms with van der Waals surface area (Å²) in [4.78, 5) is 18.1. The Labute approximate surface area is 128 Å². The lowest BCUT2D eigenvalue weighted by molar-refractivity contribution is 0.289. The molecule has 0 aliphatic carbocycles. The first-order valence-electron chi connectivity index (χ1n) is 7.26. The SMILES string of the molecule is C[C@@H]1CCn2c(cc(OCc3cccc(F)c3)nc2=O)N1C. The highest BCUT2D eigenvalue weighted by Gasteiger charge is 2.22. The number of rotatable bonds is 3. The molecule has 0 unspecified atom stereocenters. The molecule has 1 aromatic carbocycles. The Morgan fingerprint density at radius 3 is 3.00 bits per heavy atom. The molecule has 6 heteroatoms. The van der Waals surface area contributed by atoms with Gasteiger partial charge in [0.15, 0.2) is 0 Å². The van der Waals surface area contributed by atoms with Crippen molar-refractivity contribution in [3.05, 3.63) is 52.2 Å². The van der Waals surface area contributed by atoms with Crippen molar-refractivity contribution in [2.24, 2.45) is 0 Å². The van der Waals surface area contributed by atoms with Crippen LogP contribution in [0.25, 0.3) is 0 Å². The van der Waals surface area contributed by atoms with Gasteiger partial charge in [0, 0.05) is 25.7 Å². The number of ether oxygens (including phenoxy) is 1. The van der Waals surface area contributed by atoms with Gasteiger partial charge in [0.25, 0.3) is 0 Å². The third-order valence-corrected chi connectivity index (χ3v) is 4.03. The monoisotopic (exact) mass is 303 g/mol. The van der Waals surface area contributed by atoms with E-state index in [1.54, 1.807) is 22.8 Å². The predicted molar refractivity (Wildman–Crippen MR) is 81.7 cm³/mol. The Kier molecular flexibility index (Phi) is 3.83. The largest absolute Gasteiger partial charge is 0.473 e. The van der Waals surface area contributed by atoms with Gasteiger partial charge in [-0.3, -0.25) is 4.57 Å². The molecular weight excluding hydrogens is 285 g/mol. The number of benzene rings is 1. The molecule has 0 radical (unpaired) electrons. The van der Waals surface area contributed by atoms with Gasteiger partial charge in [-0.1, -0.05) is 12.1 Å². The van der Waals surface area contributed by atoms with E-state index in [2.05, 4.69) is 11.9 Å². The van der Waals surface area contributed by atoms with Crippen molar-refractivity contribution >= 4 is 5.82 Å². The van der Waals surface area contributed by atoms with E-state index in [-0.39, 0.29) is 24.0 Å². The number of halogens is 1. The van der Waals surface area contributed by atoms with Crippen LogP contribution in [0.2, 0.25) is 0 Å². The third kappa shape index (κ3) is 2.81. The van der Waals surface area contributed by atoms with Crippen molar-refractivity contribution in [3.63, 3.8) is 0 Å². The lowest BCUT2D eigenvalue weighted by atomic mass is 10.1. The third-order valence-electron chi connectivity index (χ3n) is 4.03. The van der Waals surface area contributed by atoms with E-state index in [9.17, 15) is 9.18 Å². The second-order valence-electron chi connectivity index (χ2n) is 5.55. The highest BCUT2D eigenvalue weighted by Crippen LogP contribution is 2.24. The number of anilines is 1. The fraction of sp³-hybridized carbons (Fsp3) is 0.375. The quantitative estimate of drug-likeness (QED) is 0.872. The number of fused-ring (bicyclic) bond motifs is 1. The highest BCUT2D eigenvalue weighted by molar-refractivity contribution is 5.43. The van der Waals surface area contributed by atoms with Crippen molar-refractivity contribution in [2.45, 2.75) is 32.5 Å². The van der Waals surface area contributed by atoms with Gasteiger partial charge in [0.05, 0.1) is 0 Å². The summed E-state index contributed by atoms with van der Waals surface area (Å²) in [5.74, 6) is 0.752. The first kappa shape index (κ1) is 14.6. The first-order chi connectivity index (χ1) is 10.5. The van der Waals surface area contributed by atoms with E-state index in [0.717, 1.165) is 12.2 Å². The van der Waals surface area contributed by atoms with Gasteiger partial charge in [-0.05, 0) is 31.0 Å². The molecule has 2 aromatic rings. The summed E-state index contributed by atoms with van der Waals surface area (Å²) in [6, 6.07) is 8.29. The molecule has 116 valence electrons. The average Bonchev–Trinajstić information content (AvgIpc) is 2.49. The van der Waals surface area contributed by atoms with E-state index in [0.29, 0.717) is 18.2 Å². The van der Waals surface area contributed by atoms with Crippen LogP contribution in [0.3, 0.4) is 0 Å². The van der Waals surface area contributed by atoms with Crippen LogP contribution in [-0.2, 0) is 13.2 Å². The summed E-state index contributed by atoms with van der Waals surface area (Å²) in [5.41, 5.74) is 0.381. The molecule has 0 amide bonds. The summed E-state index contributed by atoms with van der Waals surface area (Å²) >= 11 is 0. The van der Waals surface area contributed by atoms with E-state index < -0.39 is 0 Å². The molecule has 0 spiro atoms. The van der Waals surface area contributed by atoms with Crippen LogP contribution in [0.5, 0.6) is 5.88 Å². The maximum atomic E-state index is 13.1. The Bertz CT molecular complexity index is 744. The van der Waals surface area contributed by atoms with Gasteiger partial charge >= 0.3 is 5.69 Å². The number of nitrogens with zero attached hydrogens (tertiary/aromatic N) is 3. The van der Waals surface area contributed by atoms with E-state index >= 15 is 0 Å². The highest BCUT2D eigenvalue weighted by atomic mass is 19.1. The minimum atomic E-state index is -0.314. The molecule has 3 rings (SSSR count). The summed E-state index contributed by atoms with van der Waals surface area (Å²) in [7, 11) is 1.95. The molecule has 0 saturated carbocycles. The van der Waals surface area contributed by atoms with Gasteiger partial charge in [-0.2, -0.15) is 4.98 Å². The van der Waals surface area contributed by atoms with Crippen molar-refractivity contribution in [1.29, 1.82) is 0 Å². The number of aromatic nitrogens is 2. The van der Waals surface area contributed by atoms with Crippen LogP contribution in [0, 0.1) is 5.82 Å². The Morgan fingerprint density at radius 1 is 1.41 bits per heavy atom. The molecule has 0 N–H and O–H groups in total. The van der Waals surface area contributed by atoms with Gasteiger partial charge in [0.2, 0.25) is 5.88 Å². The second-order valence-corrected chi connectivity index (χ2v) is 5.55. The zero-order chi connectivity index (χ0) is 15.7. The minimum Gasteiger partial charge on any atom is -0.473 e. The molecular formula is C16H18FN3O2. The van der Waals surface area contributed by atoms with E-state index in [4.69, 9.17) is 4.74 Å². The smallest absolute Gasteiger partial charge is 0.352 e. The van der Waals surface area contributed by atoms with Crippen molar-refractivity contribution in [1.82, 2.24) is 9.55 Å². The molecule has 1 atom stereocenters. The van der Waals surface area contributed by atoms with Crippen LogP contribution >= 0.6 is 0 Å². The van der Waals surface area contributed by atoms with Crippen LogP contribution < -0.4 is 15.3 Å². The average molecular weight is 303 g/mol. The molecule has 0 bridgehead atoms. The van der Waals surface area contributed by atoms with Crippen molar-refractivity contribution < 1.29 is 9.13 Å². The molecule has 1 aromatic heterocycles. The van der Waals surface area contributed by atoms with Crippen molar-refractivity contribution in [3.8, 4) is 5.88 Å². The summed E-state index contributed by atoms with van der Waals surface area (Å²) < 4.78 is 20.4. The Morgan fingerprint density at radius 2 is 2.23 bits per heavy atom. The summed E-state index contributed by atoms with van der Waals surface area (Å²) in [6.07, 6.45) is 0.911. The summed E-state index contributed by atoms with van der Waals surface area (Å²) in [6.45, 7) is 2.95. The predicted octanol–water partition coefficient (Wildman–Crippen LogP) is 2.19. The molecule has 1 aliphatic heterocycles.